The van der Waals surface area contributed by atoms with Crippen molar-refractivity contribution in [2.45, 2.75) is 25.7 Å². The van der Waals surface area contributed by atoms with Crippen LogP contribution in [0.5, 0.6) is 11.5 Å². The van der Waals surface area contributed by atoms with Crippen molar-refractivity contribution in [1.29, 1.82) is 5.26 Å². The zero-order valence-electron chi connectivity index (χ0n) is 12.5. The molecule has 0 unspecified atom stereocenters. The molecule has 2 aromatic rings. The van der Waals surface area contributed by atoms with Crippen molar-refractivity contribution < 1.29 is 9.16 Å². The monoisotopic (exact) mass is 297 g/mol. The van der Waals surface area contributed by atoms with Gasteiger partial charge in [0.25, 0.3) is 0 Å². The molecule has 108 valence electrons. The van der Waals surface area contributed by atoms with E-state index in [0.717, 1.165) is 11.3 Å². The number of ether oxygens (including phenoxy) is 1. The van der Waals surface area contributed by atoms with E-state index < -0.39 is 14.4 Å². The molecule has 0 spiro atoms. The van der Waals surface area contributed by atoms with Crippen LogP contribution >= 0.6 is 0 Å². The molecule has 0 aromatic heterocycles. The first kappa shape index (κ1) is 15.3. The van der Waals surface area contributed by atoms with Crippen LogP contribution in [0.1, 0.15) is 11.7 Å². The first-order chi connectivity index (χ1) is 9.98. The predicted octanol–water partition coefficient (Wildman–Crippen LogP) is 4.90. The van der Waals surface area contributed by atoms with E-state index in [-0.39, 0.29) is 0 Å². The molecule has 0 amide bonds. The standard InChI is InChI=1S/C17H19NO2Si/c1-21(2,3)20-17(13-18)14-8-7-11-16(12-14)19-15-9-5-4-6-10-15/h4-12,17H,1-3H3/t17-/m0/s1. The maximum Gasteiger partial charge on any atom is 0.186 e. The number of benzene rings is 2. The van der Waals surface area contributed by atoms with Crippen molar-refractivity contribution >= 4 is 8.32 Å². The molecule has 0 fully saturated rings. The van der Waals surface area contributed by atoms with Gasteiger partial charge in [-0.3, -0.25) is 0 Å². The first-order valence-corrected chi connectivity index (χ1v) is 10.3. The molecule has 2 rings (SSSR count). The number of hydrogen-bond donors (Lipinski definition) is 0. The lowest BCUT2D eigenvalue weighted by atomic mass is 10.1. The van der Waals surface area contributed by atoms with Crippen LogP contribution in [0.3, 0.4) is 0 Å². The SMILES string of the molecule is C[Si](C)(C)O[C@@H](C#N)c1cccc(Oc2ccccc2)c1. The van der Waals surface area contributed by atoms with Gasteiger partial charge in [0.05, 0.1) is 6.07 Å². The van der Waals surface area contributed by atoms with Gasteiger partial charge in [-0.1, -0.05) is 30.3 Å². The number of para-hydroxylation sites is 1. The van der Waals surface area contributed by atoms with Gasteiger partial charge in [0.1, 0.15) is 11.5 Å². The van der Waals surface area contributed by atoms with E-state index in [1.54, 1.807) is 0 Å². The molecule has 0 heterocycles. The second kappa shape index (κ2) is 6.57. The Labute approximate surface area is 126 Å². The van der Waals surface area contributed by atoms with Gasteiger partial charge in [0, 0.05) is 0 Å². The Hall–Kier alpha value is -2.09. The summed E-state index contributed by atoms with van der Waals surface area (Å²) < 4.78 is 11.7. The summed E-state index contributed by atoms with van der Waals surface area (Å²) in [4.78, 5) is 0. The summed E-state index contributed by atoms with van der Waals surface area (Å²) >= 11 is 0. The third-order valence-corrected chi connectivity index (χ3v) is 3.67. The second-order valence-corrected chi connectivity index (χ2v) is 10.2. The molecule has 0 aliphatic heterocycles. The zero-order valence-corrected chi connectivity index (χ0v) is 13.5. The van der Waals surface area contributed by atoms with Crippen LogP contribution in [-0.2, 0) is 4.43 Å². The van der Waals surface area contributed by atoms with Crippen LogP contribution in [0.2, 0.25) is 19.6 Å². The van der Waals surface area contributed by atoms with Crippen LogP contribution in [0.25, 0.3) is 0 Å². The Balaban J connectivity index is 2.19. The Bertz CT molecular complexity index is 629. The van der Waals surface area contributed by atoms with Crippen molar-refractivity contribution in [3.8, 4) is 17.6 Å². The molecule has 0 saturated heterocycles. The minimum Gasteiger partial charge on any atom is -0.457 e. The highest BCUT2D eigenvalue weighted by Gasteiger charge is 2.22. The van der Waals surface area contributed by atoms with E-state index in [9.17, 15) is 5.26 Å². The zero-order chi connectivity index (χ0) is 15.3. The highest BCUT2D eigenvalue weighted by Crippen LogP contribution is 2.27. The summed E-state index contributed by atoms with van der Waals surface area (Å²) in [6.07, 6.45) is -0.545. The van der Waals surface area contributed by atoms with Gasteiger partial charge >= 0.3 is 0 Å². The number of nitrogens with zero attached hydrogens (tertiary/aromatic N) is 1. The summed E-state index contributed by atoms with van der Waals surface area (Å²) in [6.45, 7) is 6.21. The van der Waals surface area contributed by atoms with E-state index in [1.165, 1.54) is 0 Å². The van der Waals surface area contributed by atoms with Crippen molar-refractivity contribution in [3.05, 3.63) is 60.2 Å². The lowest BCUT2D eigenvalue weighted by molar-refractivity contribution is 0.254. The molecule has 0 aliphatic carbocycles. The van der Waals surface area contributed by atoms with E-state index in [1.807, 2.05) is 54.6 Å². The summed E-state index contributed by atoms with van der Waals surface area (Å²) in [5.41, 5.74) is 0.827. The molecule has 0 N–H and O–H groups in total. The molecular formula is C17H19NO2Si. The largest absolute Gasteiger partial charge is 0.457 e. The fraction of sp³-hybridized carbons (Fsp3) is 0.235. The van der Waals surface area contributed by atoms with Crippen molar-refractivity contribution in [2.24, 2.45) is 0 Å². The molecule has 4 heteroatoms. The summed E-state index contributed by atoms with van der Waals surface area (Å²) in [5.74, 6) is 1.48. The molecular weight excluding hydrogens is 278 g/mol. The lowest BCUT2D eigenvalue weighted by Gasteiger charge is -2.22. The summed E-state index contributed by atoms with van der Waals surface area (Å²) in [7, 11) is -1.78. The highest BCUT2D eigenvalue weighted by molar-refractivity contribution is 6.69. The van der Waals surface area contributed by atoms with Crippen molar-refractivity contribution in [3.63, 3.8) is 0 Å². The van der Waals surface area contributed by atoms with Gasteiger partial charge < -0.3 is 9.16 Å². The molecule has 0 radical (unpaired) electrons. The number of hydrogen-bond acceptors (Lipinski definition) is 3. The first-order valence-electron chi connectivity index (χ1n) is 6.88. The van der Waals surface area contributed by atoms with Gasteiger partial charge in [0.2, 0.25) is 0 Å². The topological polar surface area (TPSA) is 42.2 Å². The van der Waals surface area contributed by atoms with Crippen molar-refractivity contribution in [1.82, 2.24) is 0 Å². The van der Waals surface area contributed by atoms with E-state index >= 15 is 0 Å². The van der Waals surface area contributed by atoms with Gasteiger partial charge in [0.15, 0.2) is 14.4 Å². The lowest BCUT2D eigenvalue weighted by Crippen LogP contribution is -2.27. The Morgan fingerprint density at radius 3 is 2.24 bits per heavy atom. The summed E-state index contributed by atoms with van der Waals surface area (Å²) in [5, 5.41) is 9.33. The van der Waals surface area contributed by atoms with Gasteiger partial charge in [-0.15, -0.1) is 0 Å². The number of rotatable bonds is 5. The quantitative estimate of drug-likeness (QED) is 0.737. The second-order valence-electron chi connectivity index (χ2n) is 5.73. The molecule has 2 aromatic carbocycles. The maximum atomic E-state index is 9.33. The average molecular weight is 297 g/mol. The Kier molecular flexibility index (Phi) is 4.79. The number of nitriles is 1. The Morgan fingerprint density at radius 2 is 1.62 bits per heavy atom. The van der Waals surface area contributed by atoms with Crippen LogP contribution in [0.4, 0.5) is 0 Å². The fourth-order valence-electron chi connectivity index (χ4n) is 1.89. The molecule has 0 bridgehead atoms. The molecule has 0 aliphatic rings. The third kappa shape index (κ3) is 4.74. The van der Waals surface area contributed by atoms with Crippen LogP contribution in [0, 0.1) is 11.3 Å². The van der Waals surface area contributed by atoms with Gasteiger partial charge in [-0.2, -0.15) is 5.26 Å². The molecule has 1 atom stereocenters. The van der Waals surface area contributed by atoms with Crippen molar-refractivity contribution in [2.75, 3.05) is 0 Å². The molecule has 3 nitrogen and oxygen atoms in total. The molecule has 21 heavy (non-hydrogen) atoms. The van der Waals surface area contributed by atoms with E-state index in [2.05, 4.69) is 25.7 Å². The normalized spacial score (nSPS) is 12.5. The predicted molar refractivity (Wildman–Crippen MR) is 85.7 cm³/mol. The Morgan fingerprint density at radius 1 is 0.952 bits per heavy atom. The third-order valence-electron chi connectivity index (χ3n) is 2.73. The summed E-state index contributed by atoms with van der Waals surface area (Å²) in [6, 6.07) is 19.3. The van der Waals surface area contributed by atoms with E-state index in [0.29, 0.717) is 5.75 Å². The highest BCUT2D eigenvalue weighted by atomic mass is 28.4. The van der Waals surface area contributed by atoms with E-state index in [4.69, 9.17) is 9.16 Å². The smallest absolute Gasteiger partial charge is 0.186 e. The van der Waals surface area contributed by atoms with Gasteiger partial charge in [-0.05, 0) is 49.5 Å². The molecule has 0 saturated carbocycles. The van der Waals surface area contributed by atoms with Gasteiger partial charge in [-0.25, -0.2) is 0 Å². The van der Waals surface area contributed by atoms with Crippen LogP contribution < -0.4 is 4.74 Å². The average Bonchev–Trinajstić information content (AvgIpc) is 2.45. The maximum absolute atomic E-state index is 9.33. The van der Waals surface area contributed by atoms with Crippen LogP contribution in [-0.4, -0.2) is 8.32 Å². The minimum atomic E-state index is -1.78. The van der Waals surface area contributed by atoms with Crippen LogP contribution in [0.15, 0.2) is 54.6 Å². The fourth-order valence-corrected chi connectivity index (χ4v) is 2.78. The minimum absolute atomic E-state index is 0.545.